The van der Waals surface area contributed by atoms with Crippen LogP contribution in [0, 0.1) is 6.92 Å². The Morgan fingerprint density at radius 3 is 2.44 bits per heavy atom. The molecule has 0 aliphatic carbocycles. The van der Waals surface area contributed by atoms with Gasteiger partial charge in [0.2, 0.25) is 5.91 Å². The Labute approximate surface area is 212 Å². The number of hydrogen-bond acceptors (Lipinski definition) is 8. The van der Waals surface area contributed by atoms with Gasteiger partial charge < -0.3 is 34.7 Å². The number of alkyl carbamates (subject to hydrolysis) is 1. The summed E-state index contributed by atoms with van der Waals surface area (Å²) >= 11 is 0. The molecule has 200 valence electrons. The fraction of sp³-hybridized carbons (Fsp3) is 0.577. The predicted molar refractivity (Wildman–Crippen MR) is 133 cm³/mol. The second-order valence-electron chi connectivity index (χ2n) is 9.56. The van der Waals surface area contributed by atoms with E-state index in [1.807, 2.05) is 19.9 Å². The molecule has 1 aliphatic heterocycles. The van der Waals surface area contributed by atoms with Crippen molar-refractivity contribution >= 4 is 18.0 Å². The second-order valence-corrected chi connectivity index (χ2v) is 9.56. The quantitative estimate of drug-likeness (QED) is 0.223. The van der Waals surface area contributed by atoms with Crippen LogP contribution in [-0.2, 0) is 32.0 Å². The highest BCUT2D eigenvalue weighted by Crippen LogP contribution is 2.42. The summed E-state index contributed by atoms with van der Waals surface area (Å²) in [6, 6.07) is 0. The summed E-state index contributed by atoms with van der Waals surface area (Å²) in [6.45, 7) is 10.6. The average Bonchev–Trinajstić information content (AvgIpc) is 3.19. The van der Waals surface area contributed by atoms with E-state index in [0.717, 1.165) is 11.1 Å². The van der Waals surface area contributed by atoms with Crippen molar-refractivity contribution in [2.75, 3.05) is 33.4 Å². The van der Waals surface area contributed by atoms with Gasteiger partial charge in [-0.25, -0.2) is 9.59 Å². The first-order valence-electron chi connectivity index (χ1n) is 12.0. The minimum Gasteiger partial charge on any atom is -0.507 e. The molecule has 0 saturated carbocycles. The molecule has 10 nitrogen and oxygen atoms in total. The van der Waals surface area contributed by atoms with Gasteiger partial charge in [0.05, 0.1) is 20.3 Å². The lowest BCUT2D eigenvalue weighted by Crippen LogP contribution is -2.34. The smallest absolute Gasteiger partial charge is 0.407 e. The van der Waals surface area contributed by atoms with Crippen LogP contribution in [0.4, 0.5) is 4.79 Å². The summed E-state index contributed by atoms with van der Waals surface area (Å²) in [5.74, 6) is -0.212. The van der Waals surface area contributed by atoms with E-state index in [4.69, 9.17) is 18.9 Å². The summed E-state index contributed by atoms with van der Waals surface area (Å²) < 4.78 is 21.1. The molecule has 0 spiro atoms. The zero-order valence-corrected chi connectivity index (χ0v) is 22.0. The number of fused-ring (bicyclic) bond motifs is 1. The van der Waals surface area contributed by atoms with Gasteiger partial charge in [0.1, 0.15) is 29.3 Å². The second kappa shape index (κ2) is 13.2. The average molecular weight is 507 g/mol. The van der Waals surface area contributed by atoms with Gasteiger partial charge in [-0.1, -0.05) is 11.6 Å². The molecule has 36 heavy (non-hydrogen) atoms. The number of benzene rings is 1. The van der Waals surface area contributed by atoms with Crippen LogP contribution >= 0.6 is 0 Å². The Balaban J connectivity index is 1.72. The number of esters is 1. The van der Waals surface area contributed by atoms with E-state index >= 15 is 0 Å². The van der Waals surface area contributed by atoms with E-state index in [-0.39, 0.29) is 23.8 Å². The van der Waals surface area contributed by atoms with Crippen LogP contribution in [0.2, 0.25) is 0 Å². The zero-order chi connectivity index (χ0) is 26.9. The molecule has 1 aliphatic rings. The largest absolute Gasteiger partial charge is 0.507 e. The lowest BCUT2D eigenvalue weighted by molar-refractivity contribution is -0.121. The van der Waals surface area contributed by atoms with Crippen molar-refractivity contribution in [2.45, 2.75) is 66.1 Å². The van der Waals surface area contributed by atoms with E-state index in [1.54, 1.807) is 20.8 Å². The lowest BCUT2D eigenvalue weighted by atomic mass is 9.94. The molecule has 2 amide bonds. The summed E-state index contributed by atoms with van der Waals surface area (Å²) in [7, 11) is 1.53. The molecule has 0 fully saturated rings. The molecule has 0 saturated heterocycles. The van der Waals surface area contributed by atoms with Crippen molar-refractivity contribution in [2.24, 2.45) is 0 Å². The fourth-order valence-electron chi connectivity index (χ4n) is 3.71. The summed E-state index contributed by atoms with van der Waals surface area (Å²) in [5.41, 5.74) is 2.58. The van der Waals surface area contributed by atoms with Gasteiger partial charge in [0.15, 0.2) is 0 Å². The Hall–Kier alpha value is -3.27. The minimum absolute atomic E-state index is 0.102. The summed E-state index contributed by atoms with van der Waals surface area (Å²) in [6.07, 6.45) is 2.63. The number of carbonyl (C=O) groups is 3. The number of rotatable bonds is 12. The van der Waals surface area contributed by atoms with Crippen LogP contribution < -0.4 is 15.4 Å². The van der Waals surface area contributed by atoms with Crippen LogP contribution in [0.1, 0.15) is 67.6 Å². The Morgan fingerprint density at radius 2 is 1.81 bits per heavy atom. The highest BCUT2D eigenvalue weighted by Gasteiger charge is 2.31. The molecular formula is C26H38N2O8. The number of hydrogen-bond donors (Lipinski definition) is 3. The van der Waals surface area contributed by atoms with Crippen molar-refractivity contribution in [3.8, 4) is 11.5 Å². The van der Waals surface area contributed by atoms with Crippen molar-refractivity contribution in [3.63, 3.8) is 0 Å². The van der Waals surface area contributed by atoms with Crippen LogP contribution in [-0.4, -0.2) is 62.1 Å². The van der Waals surface area contributed by atoms with Crippen molar-refractivity contribution in [3.05, 3.63) is 33.9 Å². The van der Waals surface area contributed by atoms with Crippen LogP contribution in [0.3, 0.4) is 0 Å². The van der Waals surface area contributed by atoms with Crippen LogP contribution in [0.25, 0.3) is 0 Å². The third kappa shape index (κ3) is 8.44. The molecule has 1 heterocycles. The van der Waals surface area contributed by atoms with E-state index in [9.17, 15) is 19.5 Å². The molecule has 1 aromatic rings. The number of ether oxygens (including phenoxy) is 4. The number of aromatic hydroxyl groups is 1. The third-order valence-electron chi connectivity index (χ3n) is 5.53. The van der Waals surface area contributed by atoms with Gasteiger partial charge in [-0.15, -0.1) is 0 Å². The Kier molecular flexibility index (Phi) is 10.6. The zero-order valence-electron chi connectivity index (χ0n) is 22.0. The number of phenols is 1. The molecule has 0 aromatic heterocycles. The molecule has 1 aromatic carbocycles. The predicted octanol–water partition coefficient (Wildman–Crippen LogP) is 3.31. The summed E-state index contributed by atoms with van der Waals surface area (Å²) in [5, 5.41) is 16.1. The molecule has 2 rings (SSSR count). The van der Waals surface area contributed by atoms with Crippen LogP contribution in [0.5, 0.6) is 11.5 Å². The number of methoxy groups -OCH3 is 1. The number of amides is 2. The van der Waals surface area contributed by atoms with Crippen LogP contribution in [0.15, 0.2) is 11.6 Å². The molecule has 0 radical (unpaired) electrons. The normalized spacial score (nSPS) is 13.2. The standard InChI is InChI=1S/C26H38N2O8/c1-16(7-9-18-22(30)21-19(15-35-24(21)31)17(2)23(18)33-6)8-10-20(29)27-11-13-34-14-12-28-25(32)36-26(3,4)5/h7,30H,8-15H2,1-6H3,(H,27,29)(H,28,32)/b16-7+. The third-order valence-corrected chi connectivity index (χ3v) is 5.53. The Morgan fingerprint density at radius 1 is 1.14 bits per heavy atom. The highest BCUT2D eigenvalue weighted by atomic mass is 16.6. The number of phenolic OH excluding ortho intramolecular Hbond substituents is 1. The maximum Gasteiger partial charge on any atom is 0.407 e. The SMILES string of the molecule is COc1c(C)c2c(c(O)c1C/C=C(\C)CCC(=O)NCCOCCNC(=O)OC(C)(C)C)C(=O)OC2. The van der Waals surface area contributed by atoms with Gasteiger partial charge in [-0.2, -0.15) is 0 Å². The van der Waals surface area contributed by atoms with E-state index in [2.05, 4.69) is 10.6 Å². The van der Waals surface area contributed by atoms with Crippen molar-refractivity contribution in [1.29, 1.82) is 0 Å². The van der Waals surface area contributed by atoms with Crippen molar-refractivity contribution < 1.29 is 38.4 Å². The monoisotopic (exact) mass is 506 g/mol. The maximum atomic E-state index is 12.1. The molecule has 0 bridgehead atoms. The van der Waals surface area contributed by atoms with Gasteiger partial charge in [0, 0.05) is 30.6 Å². The molecule has 3 N–H and O–H groups in total. The van der Waals surface area contributed by atoms with E-state index in [0.29, 0.717) is 62.4 Å². The number of cyclic esters (lactones) is 1. The molecule has 0 atom stereocenters. The van der Waals surface area contributed by atoms with Gasteiger partial charge in [-0.3, -0.25) is 4.79 Å². The maximum absolute atomic E-state index is 12.1. The Bertz CT molecular complexity index is 995. The first kappa shape index (κ1) is 29.0. The number of nitrogens with one attached hydrogen (secondary N) is 2. The highest BCUT2D eigenvalue weighted by molar-refractivity contribution is 5.98. The topological polar surface area (TPSA) is 132 Å². The fourth-order valence-corrected chi connectivity index (χ4v) is 3.71. The number of allylic oxidation sites excluding steroid dienone is 2. The van der Waals surface area contributed by atoms with E-state index in [1.165, 1.54) is 7.11 Å². The van der Waals surface area contributed by atoms with Gasteiger partial charge in [-0.05, 0) is 53.0 Å². The van der Waals surface area contributed by atoms with E-state index < -0.39 is 17.7 Å². The molecule has 0 unspecified atom stereocenters. The molecular weight excluding hydrogens is 468 g/mol. The molecule has 10 heteroatoms. The first-order valence-corrected chi connectivity index (χ1v) is 12.0. The minimum atomic E-state index is -0.548. The lowest BCUT2D eigenvalue weighted by Gasteiger charge is -2.19. The summed E-state index contributed by atoms with van der Waals surface area (Å²) in [4.78, 5) is 35.7. The van der Waals surface area contributed by atoms with Gasteiger partial charge >= 0.3 is 12.1 Å². The van der Waals surface area contributed by atoms with Gasteiger partial charge in [0.25, 0.3) is 0 Å². The number of carbonyl (C=O) groups excluding carboxylic acids is 3. The van der Waals surface area contributed by atoms with Crippen molar-refractivity contribution in [1.82, 2.24) is 10.6 Å². The first-order chi connectivity index (χ1) is 16.9.